The number of hydrogen-bond donors (Lipinski definition) is 1. The van der Waals surface area contributed by atoms with Crippen LogP contribution < -0.4 is 5.73 Å². The molecule has 1 aliphatic rings. The molecule has 2 heterocycles. The molecule has 0 spiro atoms. The number of halogens is 2. The van der Waals surface area contributed by atoms with Gasteiger partial charge in [-0.3, -0.25) is 4.99 Å². The van der Waals surface area contributed by atoms with Gasteiger partial charge in [0.25, 0.3) is 0 Å². The zero-order valence-corrected chi connectivity index (χ0v) is 13.3. The number of nitrogens with two attached hydrogens (primary N) is 1. The molecule has 0 amide bonds. The van der Waals surface area contributed by atoms with Crippen molar-refractivity contribution in [3.8, 4) is 0 Å². The highest BCUT2D eigenvalue weighted by Gasteiger charge is 2.28. The Hall–Kier alpha value is -0.110. The van der Waals surface area contributed by atoms with Crippen LogP contribution >= 0.6 is 43.2 Å². The number of nitrogens with zero attached hydrogens (tertiary/aromatic N) is 2. The Bertz CT molecular complexity index is 416. The van der Waals surface area contributed by atoms with E-state index in [4.69, 9.17) is 10.5 Å². The van der Waals surface area contributed by atoms with Crippen LogP contribution in [0.2, 0.25) is 0 Å². The van der Waals surface area contributed by atoms with Gasteiger partial charge in [-0.25, -0.2) is 0 Å². The molecule has 7 heteroatoms. The third-order valence-electron chi connectivity index (χ3n) is 2.63. The summed E-state index contributed by atoms with van der Waals surface area (Å²) in [5.74, 6) is 0.604. The number of ether oxygens (including phenoxy) is 1. The Morgan fingerprint density at radius 1 is 1.65 bits per heavy atom. The maximum Gasteiger partial charge on any atom is 0.192 e. The number of methoxy groups -OCH3 is 1. The summed E-state index contributed by atoms with van der Waals surface area (Å²) >= 11 is 8.72. The Labute approximate surface area is 121 Å². The van der Waals surface area contributed by atoms with Crippen molar-refractivity contribution in [2.24, 2.45) is 10.7 Å². The van der Waals surface area contributed by atoms with Crippen LogP contribution in [0.1, 0.15) is 10.9 Å². The first-order valence-electron chi connectivity index (χ1n) is 5.13. The van der Waals surface area contributed by atoms with Crippen LogP contribution in [0.15, 0.2) is 19.3 Å². The van der Waals surface area contributed by atoms with Gasteiger partial charge in [-0.2, -0.15) is 0 Å². The molecule has 17 heavy (non-hydrogen) atoms. The van der Waals surface area contributed by atoms with Gasteiger partial charge in [0.2, 0.25) is 0 Å². The highest BCUT2D eigenvalue weighted by Crippen LogP contribution is 2.38. The number of thiophene rings is 1. The maximum atomic E-state index is 5.89. The standard InChI is InChI=1S/C10H13Br2N3OS/c1-16-3-2-15-7(5-14-10(15)13)8-4-6(11)9(12)17-8/h4,7H,2-3,5H2,1H3,(H2,13,14). The van der Waals surface area contributed by atoms with Crippen molar-refractivity contribution in [1.29, 1.82) is 0 Å². The van der Waals surface area contributed by atoms with Crippen molar-refractivity contribution >= 4 is 49.2 Å². The van der Waals surface area contributed by atoms with E-state index < -0.39 is 0 Å². The van der Waals surface area contributed by atoms with Crippen molar-refractivity contribution in [2.45, 2.75) is 6.04 Å². The molecule has 0 saturated carbocycles. The first-order chi connectivity index (χ1) is 8.13. The second kappa shape index (κ2) is 5.69. The molecule has 2 N–H and O–H groups in total. The van der Waals surface area contributed by atoms with Gasteiger partial charge in [-0.15, -0.1) is 11.3 Å². The molecule has 94 valence electrons. The minimum Gasteiger partial charge on any atom is -0.383 e. The highest BCUT2D eigenvalue weighted by atomic mass is 79.9. The SMILES string of the molecule is COCCN1C(N)=NCC1c1cc(Br)c(Br)s1. The third-order valence-corrected chi connectivity index (χ3v) is 5.98. The molecule has 2 rings (SSSR count). The average molecular weight is 383 g/mol. The quantitative estimate of drug-likeness (QED) is 0.870. The molecule has 0 radical (unpaired) electrons. The largest absolute Gasteiger partial charge is 0.383 e. The van der Waals surface area contributed by atoms with Crippen molar-refractivity contribution in [1.82, 2.24) is 4.90 Å². The van der Waals surface area contributed by atoms with Gasteiger partial charge in [0.1, 0.15) is 0 Å². The van der Waals surface area contributed by atoms with Crippen molar-refractivity contribution in [3.05, 3.63) is 19.2 Å². The van der Waals surface area contributed by atoms with Crippen molar-refractivity contribution in [3.63, 3.8) is 0 Å². The molecule has 0 aliphatic carbocycles. The van der Waals surface area contributed by atoms with Crippen LogP contribution in [0.25, 0.3) is 0 Å². The first-order valence-corrected chi connectivity index (χ1v) is 7.54. The number of guanidine groups is 1. The Morgan fingerprint density at radius 3 is 3.00 bits per heavy atom. The van der Waals surface area contributed by atoms with Gasteiger partial charge in [0.05, 0.1) is 23.0 Å². The number of hydrogen-bond acceptors (Lipinski definition) is 5. The van der Waals surface area contributed by atoms with Crippen molar-refractivity contribution < 1.29 is 4.74 Å². The van der Waals surface area contributed by atoms with Gasteiger partial charge in [0, 0.05) is 23.0 Å². The van der Waals surface area contributed by atoms with E-state index in [1.54, 1.807) is 18.4 Å². The molecule has 4 nitrogen and oxygen atoms in total. The normalized spacial score (nSPS) is 19.8. The fourth-order valence-corrected chi connectivity index (χ4v) is 3.95. The summed E-state index contributed by atoms with van der Waals surface area (Å²) in [7, 11) is 1.69. The average Bonchev–Trinajstić information content (AvgIpc) is 2.81. The van der Waals surface area contributed by atoms with Crippen LogP contribution in [0.4, 0.5) is 0 Å². The minimum atomic E-state index is 0.234. The van der Waals surface area contributed by atoms with E-state index in [9.17, 15) is 0 Å². The van der Waals surface area contributed by atoms with Crippen LogP contribution in [0, 0.1) is 0 Å². The summed E-state index contributed by atoms with van der Waals surface area (Å²) in [6, 6.07) is 2.35. The van der Waals surface area contributed by atoms with Crippen LogP contribution in [0.5, 0.6) is 0 Å². The number of aliphatic imine (C=N–C) groups is 1. The third kappa shape index (κ3) is 2.83. The summed E-state index contributed by atoms with van der Waals surface area (Å²) in [6.45, 7) is 2.14. The van der Waals surface area contributed by atoms with Gasteiger partial charge < -0.3 is 15.4 Å². The van der Waals surface area contributed by atoms with E-state index >= 15 is 0 Å². The summed E-state index contributed by atoms with van der Waals surface area (Å²) < 4.78 is 7.28. The Morgan fingerprint density at radius 2 is 2.41 bits per heavy atom. The summed E-state index contributed by atoms with van der Waals surface area (Å²) in [6.07, 6.45) is 0. The predicted molar refractivity (Wildman–Crippen MR) is 77.5 cm³/mol. The summed E-state index contributed by atoms with van der Waals surface area (Å²) in [4.78, 5) is 7.65. The van der Waals surface area contributed by atoms with E-state index in [1.807, 2.05) is 0 Å². The van der Waals surface area contributed by atoms with Gasteiger partial charge in [0.15, 0.2) is 5.96 Å². The topological polar surface area (TPSA) is 50.9 Å². The van der Waals surface area contributed by atoms with Gasteiger partial charge in [-0.1, -0.05) is 0 Å². The molecule has 0 aromatic carbocycles. The summed E-state index contributed by atoms with van der Waals surface area (Å²) in [5, 5.41) is 0. The van der Waals surface area contributed by atoms with Crippen LogP contribution in [-0.2, 0) is 4.74 Å². The van der Waals surface area contributed by atoms with E-state index in [-0.39, 0.29) is 6.04 Å². The highest BCUT2D eigenvalue weighted by molar-refractivity contribution is 9.13. The number of rotatable bonds is 4. The van der Waals surface area contributed by atoms with Crippen molar-refractivity contribution in [2.75, 3.05) is 26.8 Å². The fraction of sp³-hybridized carbons (Fsp3) is 0.500. The van der Waals surface area contributed by atoms with Crippen LogP contribution in [0.3, 0.4) is 0 Å². The second-order valence-electron chi connectivity index (χ2n) is 3.67. The summed E-state index contributed by atoms with van der Waals surface area (Å²) in [5.41, 5.74) is 5.89. The molecule has 1 aromatic rings. The molecule has 1 unspecified atom stereocenters. The van der Waals surface area contributed by atoms with E-state index in [0.717, 1.165) is 21.3 Å². The molecule has 0 fully saturated rings. The lowest BCUT2D eigenvalue weighted by Crippen LogP contribution is -2.38. The smallest absolute Gasteiger partial charge is 0.192 e. The van der Waals surface area contributed by atoms with Gasteiger partial charge >= 0.3 is 0 Å². The Kier molecular flexibility index (Phi) is 4.46. The molecular formula is C10H13Br2N3OS. The zero-order chi connectivity index (χ0) is 12.4. The Balaban J connectivity index is 2.15. The second-order valence-corrected chi connectivity index (χ2v) is 6.93. The maximum absolute atomic E-state index is 5.89. The van der Waals surface area contributed by atoms with E-state index in [2.05, 4.69) is 47.8 Å². The molecular weight excluding hydrogens is 370 g/mol. The molecule has 0 saturated heterocycles. The zero-order valence-electron chi connectivity index (χ0n) is 9.32. The predicted octanol–water partition coefficient (Wildman–Crippen LogP) is 2.59. The first kappa shape index (κ1) is 13.3. The monoisotopic (exact) mass is 381 g/mol. The minimum absolute atomic E-state index is 0.234. The lowest BCUT2D eigenvalue weighted by molar-refractivity contribution is 0.167. The molecule has 1 aromatic heterocycles. The fourth-order valence-electron chi connectivity index (χ4n) is 1.76. The van der Waals surface area contributed by atoms with E-state index in [1.165, 1.54) is 4.88 Å². The van der Waals surface area contributed by atoms with Gasteiger partial charge in [-0.05, 0) is 37.9 Å². The molecule has 1 atom stereocenters. The molecule has 1 aliphatic heterocycles. The molecule has 0 bridgehead atoms. The lowest BCUT2D eigenvalue weighted by Gasteiger charge is -2.24. The van der Waals surface area contributed by atoms with Crippen LogP contribution in [-0.4, -0.2) is 37.7 Å². The van der Waals surface area contributed by atoms with E-state index in [0.29, 0.717) is 12.6 Å². The lowest BCUT2D eigenvalue weighted by atomic mass is 10.2.